The Morgan fingerprint density at radius 3 is 3.17 bits per heavy atom. The van der Waals surface area contributed by atoms with Crippen molar-refractivity contribution in [2.45, 2.75) is 25.4 Å². The Kier molecular flexibility index (Phi) is 4.78. The van der Waals surface area contributed by atoms with Crippen LogP contribution >= 0.6 is 0 Å². The van der Waals surface area contributed by atoms with Crippen LogP contribution in [0.5, 0.6) is 0 Å². The minimum Gasteiger partial charge on any atom is -0.383 e. The summed E-state index contributed by atoms with van der Waals surface area (Å²) in [6.07, 6.45) is 4.24. The van der Waals surface area contributed by atoms with Crippen molar-refractivity contribution >= 4 is 5.69 Å². The lowest BCUT2D eigenvalue weighted by molar-refractivity contribution is 0.186. The predicted octanol–water partition coefficient (Wildman–Crippen LogP) is 0.659. The van der Waals surface area contributed by atoms with Crippen LogP contribution in [0, 0.1) is 0 Å². The van der Waals surface area contributed by atoms with Gasteiger partial charge < -0.3 is 19.9 Å². The fourth-order valence-corrected chi connectivity index (χ4v) is 2.19. The van der Waals surface area contributed by atoms with E-state index in [-0.39, 0.29) is 5.56 Å². The summed E-state index contributed by atoms with van der Waals surface area (Å²) in [5.74, 6) is 0. The molecule has 2 N–H and O–H groups in total. The number of hydrogen-bond donors (Lipinski definition) is 2. The minimum atomic E-state index is 0.0133. The molecule has 100 valence electrons. The second-order valence-corrected chi connectivity index (χ2v) is 4.63. The zero-order valence-corrected chi connectivity index (χ0v) is 10.8. The highest BCUT2D eigenvalue weighted by atomic mass is 16.5. The Morgan fingerprint density at radius 2 is 2.44 bits per heavy atom. The largest absolute Gasteiger partial charge is 0.383 e. The van der Waals surface area contributed by atoms with Gasteiger partial charge in [0.25, 0.3) is 5.56 Å². The van der Waals surface area contributed by atoms with E-state index in [1.165, 1.54) is 12.8 Å². The molecule has 0 saturated carbocycles. The Labute approximate surface area is 107 Å². The number of ether oxygens (including phenoxy) is 1. The van der Waals surface area contributed by atoms with Gasteiger partial charge in [-0.2, -0.15) is 0 Å². The minimum absolute atomic E-state index is 0.0133. The maximum absolute atomic E-state index is 11.6. The molecule has 1 unspecified atom stereocenters. The number of piperidine rings is 1. The van der Waals surface area contributed by atoms with Crippen LogP contribution in [-0.4, -0.2) is 37.4 Å². The average molecular weight is 251 g/mol. The van der Waals surface area contributed by atoms with Crippen LogP contribution in [0.3, 0.4) is 0 Å². The second-order valence-electron chi connectivity index (χ2n) is 4.63. The second kappa shape index (κ2) is 6.56. The van der Waals surface area contributed by atoms with Gasteiger partial charge in [0.05, 0.1) is 12.3 Å². The molecule has 0 aliphatic carbocycles. The van der Waals surface area contributed by atoms with E-state index in [0.717, 1.165) is 18.8 Å². The molecule has 1 atom stereocenters. The number of pyridine rings is 1. The topological polar surface area (TPSA) is 55.3 Å². The molecule has 0 bridgehead atoms. The van der Waals surface area contributed by atoms with E-state index in [1.54, 1.807) is 17.7 Å². The summed E-state index contributed by atoms with van der Waals surface area (Å²) < 4.78 is 6.68. The van der Waals surface area contributed by atoms with Gasteiger partial charge in [0, 0.05) is 38.5 Å². The van der Waals surface area contributed by atoms with Crippen molar-refractivity contribution in [2.24, 2.45) is 0 Å². The van der Waals surface area contributed by atoms with Crippen molar-refractivity contribution in [1.29, 1.82) is 0 Å². The molecule has 1 aliphatic rings. The third kappa shape index (κ3) is 3.58. The Hall–Kier alpha value is -1.33. The van der Waals surface area contributed by atoms with Crippen molar-refractivity contribution < 1.29 is 4.74 Å². The lowest BCUT2D eigenvalue weighted by Gasteiger charge is -2.25. The third-order valence-corrected chi connectivity index (χ3v) is 3.19. The van der Waals surface area contributed by atoms with E-state index >= 15 is 0 Å². The molecule has 18 heavy (non-hydrogen) atoms. The first-order chi connectivity index (χ1) is 8.79. The van der Waals surface area contributed by atoms with Crippen molar-refractivity contribution in [1.82, 2.24) is 9.88 Å². The molecular weight excluding hydrogens is 230 g/mol. The molecule has 0 amide bonds. The highest BCUT2D eigenvalue weighted by molar-refractivity contribution is 5.41. The Morgan fingerprint density at radius 1 is 1.56 bits per heavy atom. The Balaban J connectivity index is 2.01. The number of nitrogens with zero attached hydrogens (tertiary/aromatic N) is 1. The van der Waals surface area contributed by atoms with E-state index in [4.69, 9.17) is 4.74 Å². The van der Waals surface area contributed by atoms with Crippen molar-refractivity contribution in [3.63, 3.8) is 0 Å². The standard InChI is InChI=1S/C13H21N3O2/c1-18-8-7-16-10-12(4-5-13(16)17)15-11-3-2-6-14-9-11/h4-5,10-11,14-15H,2-3,6-9H2,1H3. The highest BCUT2D eigenvalue weighted by Crippen LogP contribution is 2.10. The summed E-state index contributed by atoms with van der Waals surface area (Å²) in [5, 5.41) is 6.83. The smallest absolute Gasteiger partial charge is 0.250 e. The summed E-state index contributed by atoms with van der Waals surface area (Å²) in [6.45, 7) is 3.23. The number of aromatic nitrogens is 1. The number of rotatable bonds is 5. The van der Waals surface area contributed by atoms with Crippen LogP contribution in [-0.2, 0) is 11.3 Å². The summed E-state index contributed by atoms with van der Waals surface area (Å²) in [5.41, 5.74) is 1.01. The van der Waals surface area contributed by atoms with Gasteiger partial charge in [-0.15, -0.1) is 0 Å². The molecule has 5 heteroatoms. The van der Waals surface area contributed by atoms with E-state index in [1.807, 2.05) is 12.3 Å². The molecule has 1 aromatic heterocycles. The van der Waals surface area contributed by atoms with Crippen LogP contribution in [0.4, 0.5) is 5.69 Å². The van der Waals surface area contributed by atoms with Crippen molar-refractivity contribution in [2.75, 3.05) is 32.1 Å². The normalized spacial score (nSPS) is 19.7. The number of methoxy groups -OCH3 is 1. The molecule has 2 rings (SSSR count). The highest BCUT2D eigenvalue weighted by Gasteiger charge is 2.12. The first-order valence-corrected chi connectivity index (χ1v) is 6.46. The summed E-state index contributed by atoms with van der Waals surface area (Å²) >= 11 is 0. The van der Waals surface area contributed by atoms with Crippen LogP contribution in [0.25, 0.3) is 0 Å². The molecule has 1 aliphatic heterocycles. The number of hydrogen-bond acceptors (Lipinski definition) is 4. The molecule has 5 nitrogen and oxygen atoms in total. The van der Waals surface area contributed by atoms with E-state index in [9.17, 15) is 4.79 Å². The van der Waals surface area contributed by atoms with Gasteiger partial charge in [0.2, 0.25) is 0 Å². The van der Waals surface area contributed by atoms with Crippen LogP contribution < -0.4 is 16.2 Å². The zero-order chi connectivity index (χ0) is 12.8. The quantitative estimate of drug-likeness (QED) is 0.807. The van der Waals surface area contributed by atoms with Gasteiger partial charge >= 0.3 is 0 Å². The molecule has 0 radical (unpaired) electrons. The lowest BCUT2D eigenvalue weighted by atomic mass is 10.1. The predicted molar refractivity (Wildman–Crippen MR) is 72.1 cm³/mol. The van der Waals surface area contributed by atoms with Gasteiger partial charge in [0.15, 0.2) is 0 Å². The molecule has 0 spiro atoms. The first-order valence-electron chi connectivity index (χ1n) is 6.46. The molecule has 1 aromatic rings. The molecular formula is C13H21N3O2. The number of anilines is 1. The molecule has 1 fully saturated rings. The molecule has 1 saturated heterocycles. The van der Waals surface area contributed by atoms with Gasteiger partial charge in [-0.05, 0) is 25.5 Å². The van der Waals surface area contributed by atoms with Gasteiger partial charge in [-0.1, -0.05) is 0 Å². The summed E-state index contributed by atoms with van der Waals surface area (Å²) in [4.78, 5) is 11.6. The summed E-state index contributed by atoms with van der Waals surface area (Å²) in [6, 6.07) is 3.90. The SMILES string of the molecule is COCCn1cc(NC2CCCNC2)ccc1=O. The van der Waals surface area contributed by atoms with E-state index in [0.29, 0.717) is 19.2 Å². The van der Waals surface area contributed by atoms with Gasteiger partial charge in [0.1, 0.15) is 0 Å². The van der Waals surface area contributed by atoms with Crippen LogP contribution in [0.2, 0.25) is 0 Å². The molecule has 2 heterocycles. The first kappa shape index (κ1) is 13.1. The van der Waals surface area contributed by atoms with Crippen molar-refractivity contribution in [3.8, 4) is 0 Å². The number of nitrogens with one attached hydrogen (secondary N) is 2. The van der Waals surface area contributed by atoms with Gasteiger partial charge in [-0.25, -0.2) is 0 Å². The fourth-order valence-electron chi connectivity index (χ4n) is 2.19. The average Bonchev–Trinajstić information content (AvgIpc) is 2.40. The molecule has 0 aromatic carbocycles. The zero-order valence-electron chi connectivity index (χ0n) is 10.8. The van der Waals surface area contributed by atoms with Crippen molar-refractivity contribution in [3.05, 3.63) is 28.7 Å². The third-order valence-electron chi connectivity index (χ3n) is 3.19. The van der Waals surface area contributed by atoms with Gasteiger partial charge in [-0.3, -0.25) is 4.79 Å². The summed E-state index contributed by atoms with van der Waals surface area (Å²) in [7, 11) is 1.64. The fraction of sp³-hybridized carbons (Fsp3) is 0.615. The van der Waals surface area contributed by atoms with Crippen LogP contribution in [0.1, 0.15) is 12.8 Å². The van der Waals surface area contributed by atoms with E-state index < -0.39 is 0 Å². The van der Waals surface area contributed by atoms with Crippen LogP contribution in [0.15, 0.2) is 23.1 Å². The monoisotopic (exact) mass is 251 g/mol. The Bertz CT molecular complexity index is 424. The van der Waals surface area contributed by atoms with E-state index in [2.05, 4.69) is 10.6 Å². The maximum atomic E-state index is 11.6. The maximum Gasteiger partial charge on any atom is 0.250 e. The lowest BCUT2D eigenvalue weighted by Crippen LogP contribution is -2.38.